The highest BCUT2D eigenvalue weighted by Gasteiger charge is 2.19. The average Bonchev–Trinajstić information content (AvgIpc) is 3.19. The maximum Gasteiger partial charge on any atom is 0.212 e. The largest absolute Gasteiger partial charge is 0.503 e. The van der Waals surface area contributed by atoms with E-state index in [4.69, 9.17) is 0 Å². The molecule has 1 aromatic carbocycles. The molecule has 3 aromatic heterocycles. The van der Waals surface area contributed by atoms with E-state index in [0.29, 0.717) is 28.7 Å². The van der Waals surface area contributed by atoms with Gasteiger partial charge in [-0.05, 0) is 35.7 Å². The van der Waals surface area contributed by atoms with Gasteiger partial charge in [0.1, 0.15) is 5.52 Å². The molecule has 4 rings (SSSR count). The van der Waals surface area contributed by atoms with E-state index in [9.17, 15) is 14.3 Å². The van der Waals surface area contributed by atoms with Crippen LogP contribution in [0.1, 0.15) is 5.56 Å². The zero-order valence-electron chi connectivity index (χ0n) is 12.5. The summed E-state index contributed by atoms with van der Waals surface area (Å²) in [5.41, 5.74) is 2.72. The number of phenolic OH excluding ortho intramolecular Hbond substituents is 1. The smallest absolute Gasteiger partial charge is 0.212 e. The van der Waals surface area contributed by atoms with Crippen molar-refractivity contribution in [2.24, 2.45) is 0 Å². The van der Waals surface area contributed by atoms with Gasteiger partial charge >= 0.3 is 0 Å². The SMILES string of the molecule is Cc1c(F)c(O)c2[nH]ncc2c1-c1ccn2nc(NC=O)cc2c1. The predicted octanol–water partition coefficient (Wildman–Crippen LogP) is 2.60. The lowest BCUT2D eigenvalue weighted by atomic mass is 9.96. The van der Waals surface area contributed by atoms with Crippen LogP contribution in [-0.4, -0.2) is 31.3 Å². The molecular formula is C16H12FN5O2. The van der Waals surface area contributed by atoms with Gasteiger partial charge in [-0.25, -0.2) is 8.91 Å². The number of halogens is 1. The number of pyridine rings is 1. The second-order valence-electron chi connectivity index (χ2n) is 5.40. The molecule has 7 nitrogen and oxygen atoms in total. The van der Waals surface area contributed by atoms with Crippen molar-refractivity contribution in [2.75, 3.05) is 5.32 Å². The molecule has 0 fully saturated rings. The molecule has 0 aliphatic rings. The fourth-order valence-corrected chi connectivity index (χ4v) is 2.91. The Kier molecular flexibility index (Phi) is 2.99. The molecule has 3 heterocycles. The van der Waals surface area contributed by atoms with Gasteiger partial charge in [0.05, 0.1) is 11.7 Å². The summed E-state index contributed by atoms with van der Waals surface area (Å²) in [6.45, 7) is 1.61. The standard InChI is InChI=1S/C16H12FN5O2/c1-8-13(11-6-19-20-15(11)16(24)14(8)17)9-2-3-22-10(4-9)5-12(21-22)18-7-23/h2-7,24H,1H3,(H,19,20)(H,18,21,23). The topological polar surface area (TPSA) is 95.3 Å². The summed E-state index contributed by atoms with van der Waals surface area (Å²) < 4.78 is 15.9. The number of hydrogen-bond donors (Lipinski definition) is 3. The fourth-order valence-electron chi connectivity index (χ4n) is 2.91. The van der Waals surface area contributed by atoms with Crippen molar-refractivity contribution in [3.63, 3.8) is 0 Å². The zero-order chi connectivity index (χ0) is 16.8. The van der Waals surface area contributed by atoms with Crippen LogP contribution >= 0.6 is 0 Å². The Balaban J connectivity index is 1.99. The Morgan fingerprint density at radius 1 is 1.42 bits per heavy atom. The molecule has 120 valence electrons. The first-order valence-electron chi connectivity index (χ1n) is 7.14. The molecule has 0 bridgehead atoms. The van der Waals surface area contributed by atoms with Gasteiger partial charge in [0.2, 0.25) is 6.41 Å². The minimum absolute atomic E-state index is 0.254. The van der Waals surface area contributed by atoms with Crippen molar-refractivity contribution >= 4 is 28.6 Å². The first-order chi connectivity index (χ1) is 11.6. The maximum absolute atomic E-state index is 14.3. The second-order valence-corrected chi connectivity index (χ2v) is 5.40. The Morgan fingerprint density at radius 3 is 3.04 bits per heavy atom. The average molecular weight is 325 g/mol. The van der Waals surface area contributed by atoms with Crippen molar-refractivity contribution in [3.8, 4) is 16.9 Å². The van der Waals surface area contributed by atoms with Crippen LogP contribution in [0.25, 0.3) is 27.5 Å². The quantitative estimate of drug-likeness (QED) is 0.505. The third kappa shape index (κ3) is 1.93. The highest BCUT2D eigenvalue weighted by molar-refractivity contribution is 5.99. The third-order valence-electron chi connectivity index (χ3n) is 4.02. The van der Waals surface area contributed by atoms with Crippen LogP contribution in [0, 0.1) is 12.7 Å². The minimum Gasteiger partial charge on any atom is -0.503 e. The van der Waals surface area contributed by atoms with Crippen LogP contribution in [0.5, 0.6) is 5.75 Å². The van der Waals surface area contributed by atoms with Crippen LogP contribution < -0.4 is 5.32 Å². The first-order valence-corrected chi connectivity index (χ1v) is 7.14. The summed E-state index contributed by atoms with van der Waals surface area (Å²) in [6.07, 6.45) is 3.82. The van der Waals surface area contributed by atoms with E-state index in [1.165, 1.54) is 0 Å². The number of rotatable bonds is 3. The van der Waals surface area contributed by atoms with Crippen LogP contribution in [0.3, 0.4) is 0 Å². The van der Waals surface area contributed by atoms with Crippen LogP contribution in [0.15, 0.2) is 30.6 Å². The van der Waals surface area contributed by atoms with Gasteiger partial charge < -0.3 is 10.4 Å². The maximum atomic E-state index is 14.3. The van der Waals surface area contributed by atoms with Crippen molar-refractivity contribution in [1.29, 1.82) is 0 Å². The van der Waals surface area contributed by atoms with Crippen LogP contribution in [-0.2, 0) is 4.79 Å². The Bertz CT molecular complexity index is 1100. The number of fused-ring (bicyclic) bond motifs is 2. The van der Waals surface area contributed by atoms with E-state index in [1.807, 2.05) is 6.07 Å². The molecular weight excluding hydrogens is 313 g/mol. The lowest BCUT2D eigenvalue weighted by molar-refractivity contribution is -0.105. The molecule has 3 N–H and O–H groups in total. The van der Waals surface area contributed by atoms with Crippen molar-refractivity contribution < 1.29 is 14.3 Å². The molecule has 4 aromatic rings. The minimum atomic E-state index is -0.682. The molecule has 0 aliphatic carbocycles. The molecule has 0 aliphatic heterocycles. The molecule has 0 spiro atoms. The normalized spacial score (nSPS) is 11.2. The van der Waals surface area contributed by atoms with E-state index in [-0.39, 0.29) is 5.52 Å². The number of benzene rings is 1. The lowest BCUT2D eigenvalue weighted by Crippen LogP contribution is -1.95. The number of hydrogen-bond acceptors (Lipinski definition) is 4. The zero-order valence-corrected chi connectivity index (χ0v) is 12.5. The van der Waals surface area contributed by atoms with E-state index in [0.717, 1.165) is 11.1 Å². The summed E-state index contributed by atoms with van der Waals surface area (Å²) in [5, 5.41) is 23.8. The van der Waals surface area contributed by atoms with E-state index in [2.05, 4.69) is 20.6 Å². The Morgan fingerprint density at radius 2 is 2.25 bits per heavy atom. The number of phenols is 1. The number of carbonyl (C=O) groups is 1. The molecule has 0 saturated heterocycles. The van der Waals surface area contributed by atoms with Gasteiger partial charge in [-0.3, -0.25) is 9.89 Å². The molecule has 24 heavy (non-hydrogen) atoms. The van der Waals surface area contributed by atoms with Gasteiger partial charge in [0, 0.05) is 17.6 Å². The molecule has 1 amide bonds. The van der Waals surface area contributed by atoms with E-state index >= 15 is 0 Å². The summed E-state index contributed by atoms with van der Waals surface area (Å²) in [7, 11) is 0. The number of aromatic hydroxyl groups is 1. The lowest BCUT2D eigenvalue weighted by Gasteiger charge is -2.11. The molecule has 0 unspecified atom stereocenters. The number of H-pyrrole nitrogens is 1. The highest BCUT2D eigenvalue weighted by Crippen LogP contribution is 2.38. The highest BCUT2D eigenvalue weighted by atomic mass is 19.1. The van der Waals surface area contributed by atoms with Gasteiger partial charge in [-0.2, -0.15) is 10.2 Å². The van der Waals surface area contributed by atoms with Crippen molar-refractivity contribution in [1.82, 2.24) is 19.8 Å². The van der Waals surface area contributed by atoms with Crippen LogP contribution in [0.4, 0.5) is 10.2 Å². The number of carbonyl (C=O) groups excluding carboxylic acids is 1. The number of aromatic nitrogens is 4. The Hall–Kier alpha value is -3.42. The molecule has 0 saturated carbocycles. The first kappa shape index (κ1) is 14.2. The number of nitrogens with zero attached hydrogens (tertiary/aromatic N) is 3. The third-order valence-corrected chi connectivity index (χ3v) is 4.02. The molecule has 8 heteroatoms. The summed E-state index contributed by atoms with van der Waals surface area (Å²) in [4.78, 5) is 10.5. The van der Waals surface area contributed by atoms with E-state index < -0.39 is 11.6 Å². The number of aromatic amines is 1. The summed E-state index contributed by atoms with van der Waals surface area (Å²) in [6, 6.07) is 5.32. The summed E-state index contributed by atoms with van der Waals surface area (Å²) >= 11 is 0. The van der Waals surface area contributed by atoms with Gasteiger partial charge in [-0.15, -0.1) is 0 Å². The van der Waals surface area contributed by atoms with Crippen molar-refractivity contribution in [2.45, 2.75) is 6.92 Å². The predicted molar refractivity (Wildman–Crippen MR) is 86.3 cm³/mol. The fraction of sp³-hybridized carbons (Fsp3) is 0.0625. The monoisotopic (exact) mass is 325 g/mol. The molecule has 0 atom stereocenters. The second kappa shape index (κ2) is 5.05. The van der Waals surface area contributed by atoms with Crippen LogP contribution in [0.2, 0.25) is 0 Å². The van der Waals surface area contributed by atoms with Crippen molar-refractivity contribution in [3.05, 3.63) is 42.0 Å². The summed E-state index contributed by atoms with van der Waals surface area (Å²) in [5.74, 6) is -0.700. The van der Waals surface area contributed by atoms with E-state index in [1.54, 1.807) is 36.0 Å². The van der Waals surface area contributed by atoms with Gasteiger partial charge in [-0.1, -0.05) is 0 Å². The van der Waals surface area contributed by atoms with Gasteiger partial charge in [0.15, 0.2) is 17.4 Å². The van der Waals surface area contributed by atoms with Gasteiger partial charge in [0.25, 0.3) is 0 Å². The Labute approximate surface area is 134 Å². The number of amides is 1. The molecule has 0 radical (unpaired) electrons. The number of anilines is 1. The number of nitrogens with one attached hydrogen (secondary N) is 2.